The number of rotatable bonds is 12. The summed E-state index contributed by atoms with van der Waals surface area (Å²) in [5.41, 5.74) is 0.416. The third kappa shape index (κ3) is 14.1. The van der Waals surface area contributed by atoms with Crippen molar-refractivity contribution in [2.75, 3.05) is 13.1 Å². The highest BCUT2D eigenvalue weighted by Crippen LogP contribution is 2.30. The van der Waals surface area contributed by atoms with Crippen LogP contribution in [0.3, 0.4) is 0 Å². The molecule has 0 saturated carbocycles. The van der Waals surface area contributed by atoms with Gasteiger partial charge in [-0.3, -0.25) is 4.90 Å². The Morgan fingerprint density at radius 1 is 0.926 bits per heavy atom. The maximum atomic E-state index is 3.04. The summed E-state index contributed by atoms with van der Waals surface area (Å²) >= 11 is 0. The van der Waals surface area contributed by atoms with E-state index < -0.39 is 0 Å². The molecule has 0 spiro atoms. The molecule has 0 aliphatic carbocycles. The van der Waals surface area contributed by atoms with Crippen molar-refractivity contribution in [2.45, 2.75) is 137 Å². The molecule has 27 heavy (non-hydrogen) atoms. The Labute approximate surface area is 176 Å². The standard InChI is InChI=1S/C13H29P.C12H25N/c1-4-6-7-8-9-10-12-13(3,14)11-5-2;1-10(2)8-12(4,5)13-7-6-11(3)9-13/h4-12,14H2,1-3H3;10-11H,6-9H2,1-5H3. The van der Waals surface area contributed by atoms with Gasteiger partial charge in [0.25, 0.3) is 0 Å². The van der Waals surface area contributed by atoms with Gasteiger partial charge in [-0.15, -0.1) is 9.24 Å². The van der Waals surface area contributed by atoms with Gasteiger partial charge >= 0.3 is 0 Å². The van der Waals surface area contributed by atoms with Crippen molar-refractivity contribution in [1.29, 1.82) is 0 Å². The van der Waals surface area contributed by atoms with E-state index in [1.165, 1.54) is 83.7 Å². The van der Waals surface area contributed by atoms with E-state index in [1.807, 2.05) is 0 Å². The molecule has 1 saturated heterocycles. The Kier molecular flexibility index (Phi) is 14.6. The second-order valence-corrected chi connectivity index (χ2v) is 12.1. The van der Waals surface area contributed by atoms with Crippen molar-refractivity contribution in [3.8, 4) is 0 Å². The van der Waals surface area contributed by atoms with Crippen molar-refractivity contribution in [1.82, 2.24) is 4.90 Å². The summed E-state index contributed by atoms with van der Waals surface area (Å²) in [5.74, 6) is 1.72. The van der Waals surface area contributed by atoms with Gasteiger partial charge in [0.1, 0.15) is 0 Å². The first-order valence-corrected chi connectivity index (χ1v) is 12.7. The minimum absolute atomic E-state index is 0.416. The summed E-state index contributed by atoms with van der Waals surface area (Å²) in [7, 11) is 3.04. The fourth-order valence-electron chi connectivity index (χ4n) is 4.62. The van der Waals surface area contributed by atoms with Gasteiger partial charge in [0.2, 0.25) is 0 Å². The summed E-state index contributed by atoms with van der Waals surface area (Å²) in [4.78, 5) is 2.66. The lowest BCUT2D eigenvalue weighted by Crippen LogP contribution is -2.43. The van der Waals surface area contributed by atoms with Crippen LogP contribution >= 0.6 is 9.24 Å². The molecule has 3 unspecified atom stereocenters. The van der Waals surface area contributed by atoms with E-state index in [0.717, 1.165) is 11.8 Å². The Balaban J connectivity index is 0.000000501. The number of nitrogens with zero attached hydrogens (tertiary/aromatic N) is 1. The topological polar surface area (TPSA) is 3.24 Å². The van der Waals surface area contributed by atoms with Crippen LogP contribution in [-0.2, 0) is 0 Å². The van der Waals surface area contributed by atoms with Gasteiger partial charge in [-0.25, -0.2) is 0 Å². The van der Waals surface area contributed by atoms with E-state index >= 15 is 0 Å². The quantitative estimate of drug-likeness (QED) is 0.235. The summed E-state index contributed by atoms with van der Waals surface area (Å²) in [6.07, 6.45) is 15.3. The maximum absolute atomic E-state index is 3.04. The normalized spacial score (nSPS) is 20.4. The largest absolute Gasteiger partial charge is 0.298 e. The zero-order chi connectivity index (χ0) is 20.9. The van der Waals surface area contributed by atoms with Gasteiger partial charge in [-0.05, 0) is 63.1 Å². The lowest BCUT2D eigenvalue weighted by Gasteiger charge is -2.37. The van der Waals surface area contributed by atoms with Crippen LogP contribution in [0.4, 0.5) is 0 Å². The summed E-state index contributed by atoms with van der Waals surface area (Å²) in [6.45, 7) is 21.3. The predicted molar refractivity (Wildman–Crippen MR) is 130 cm³/mol. The second-order valence-electron chi connectivity index (χ2n) is 10.7. The molecular formula is C25H54NP. The zero-order valence-electron chi connectivity index (χ0n) is 20.4. The maximum Gasteiger partial charge on any atom is 0.0155 e. The van der Waals surface area contributed by atoms with Crippen LogP contribution < -0.4 is 0 Å². The molecule has 164 valence electrons. The monoisotopic (exact) mass is 399 g/mol. The summed E-state index contributed by atoms with van der Waals surface area (Å²) in [5, 5.41) is 0.513. The number of likely N-dealkylation sites (tertiary alicyclic amines) is 1. The van der Waals surface area contributed by atoms with Crippen molar-refractivity contribution < 1.29 is 0 Å². The Bertz CT molecular complexity index is 348. The van der Waals surface area contributed by atoms with Crippen molar-refractivity contribution >= 4 is 9.24 Å². The van der Waals surface area contributed by atoms with Crippen LogP contribution in [0, 0.1) is 11.8 Å². The molecule has 3 atom stereocenters. The summed E-state index contributed by atoms with van der Waals surface area (Å²) in [6, 6.07) is 0. The lowest BCUT2D eigenvalue weighted by molar-refractivity contribution is 0.124. The highest BCUT2D eigenvalue weighted by molar-refractivity contribution is 7.18. The van der Waals surface area contributed by atoms with E-state index in [1.54, 1.807) is 0 Å². The third-order valence-electron chi connectivity index (χ3n) is 6.11. The van der Waals surface area contributed by atoms with E-state index in [0.29, 0.717) is 10.7 Å². The van der Waals surface area contributed by atoms with Crippen LogP contribution in [-0.4, -0.2) is 28.7 Å². The van der Waals surface area contributed by atoms with E-state index in [9.17, 15) is 0 Å². The molecule has 1 heterocycles. The number of hydrogen-bond acceptors (Lipinski definition) is 1. The summed E-state index contributed by atoms with van der Waals surface area (Å²) < 4.78 is 0. The molecule has 1 fully saturated rings. The molecule has 1 aliphatic heterocycles. The highest BCUT2D eigenvalue weighted by Gasteiger charge is 2.31. The molecule has 0 aromatic rings. The fraction of sp³-hybridized carbons (Fsp3) is 1.00. The average Bonchev–Trinajstić information content (AvgIpc) is 2.98. The van der Waals surface area contributed by atoms with Gasteiger partial charge in [0, 0.05) is 12.1 Å². The number of unbranched alkanes of at least 4 members (excludes halogenated alkanes) is 5. The molecular weight excluding hydrogens is 345 g/mol. The average molecular weight is 400 g/mol. The number of hydrogen-bond donors (Lipinski definition) is 0. The minimum Gasteiger partial charge on any atom is -0.298 e. The third-order valence-corrected chi connectivity index (χ3v) is 6.69. The van der Waals surface area contributed by atoms with E-state index in [2.05, 4.69) is 69.5 Å². The van der Waals surface area contributed by atoms with Gasteiger partial charge in [-0.1, -0.05) is 86.5 Å². The first-order chi connectivity index (χ1) is 12.5. The molecule has 0 aromatic carbocycles. The second kappa shape index (κ2) is 14.4. The smallest absolute Gasteiger partial charge is 0.0155 e. The first-order valence-electron chi connectivity index (χ1n) is 12.1. The van der Waals surface area contributed by atoms with Crippen LogP contribution in [0.25, 0.3) is 0 Å². The highest BCUT2D eigenvalue weighted by atomic mass is 31.0. The van der Waals surface area contributed by atoms with Crippen LogP contribution in [0.2, 0.25) is 0 Å². The van der Waals surface area contributed by atoms with Gasteiger partial charge in [-0.2, -0.15) is 0 Å². The Hall–Kier alpha value is 0.390. The predicted octanol–water partition coefficient (Wildman–Crippen LogP) is 8.32. The van der Waals surface area contributed by atoms with Crippen molar-refractivity contribution in [2.24, 2.45) is 11.8 Å². The molecule has 0 N–H and O–H groups in total. The van der Waals surface area contributed by atoms with Crippen molar-refractivity contribution in [3.63, 3.8) is 0 Å². The lowest BCUT2D eigenvalue weighted by atomic mass is 9.91. The molecule has 2 heteroatoms. The fourth-order valence-corrected chi connectivity index (χ4v) is 5.11. The van der Waals surface area contributed by atoms with E-state index in [-0.39, 0.29) is 0 Å². The zero-order valence-corrected chi connectivity index (χ0v) is 21.5. The molecule has 0 aromatic heterocycles. The SMILES string of the molecule is CC(C)CC(C)(C)N1CCC(C)C1.CCCCCCCCC(C)(P)CCC. The molecule has 1 nitrogen and oxygen atoms in total. The molecule has 0 bridgehead atoms. The van der Waals surface area contributed by atoms with Crippen LogP contribution in [0.1, 0.15) is 126 Å². The van der Waals surface area contributed by atoms with Gasteiger partial charge in [0.05, 0.1) is 0 Å². The molecule has 0 amide bonds. The van der Waals surface area contributed by atoms with Gasteiger partial charge < -0.3 is 0 Å². The van der Waals surface area contributed by atoms with Crippen LogP contribution in [0.15, 0.2) is 0 Å². The van der Waals surface area contributed by atoms with Crippen molar-refractivity contribution in [3.05, 3.63) is 0 Å². The Morgan fingerprint density at radius 3 is 2.00 bits per heavy atom. The van der Waals surface area contributed by atoms with Gasteiger partial charge in [0.15, 0.2) is 0 Å². The molecule has 1 aliphatic rings. The Morgan fingerprint density at radius 2 is 1.52 bits per heavy atom. The van der Waals surface area contributed by atoms with E-state index in [4.69, 9.17) is 0 Å². The molecule has 1 rings (SSSR count). The molecule has 0 radical (unpaired) electrons. The van der Waals surface area contributed by atoms with Crippen LogP contribution in [0.5, 0.6) is 0 Å². The minimum atomic E-state index is 0.416. The first kappa shape index (κ1) is 27.4.